The molecule has 0 atom stereocenters. The molecule has 0 aliphatic rings. The molecule has 0 bridgehead atoms. The van der Waals surface area contributed by atoms with E-state index in [1.165, 1.54) is 5.56 Å². The number of amides is 1. The second-order valence-corrected chi connectivity index (χ2v) is 6.18. The molecule has 0 radical (unpaired) electrons. The average molecular weight is 315 g/mol. The minimum absolute atomic E-state index is 0.00500. The summed E-state index contributed by atoms with van der Waals surface area (Å²) >= 11 is 1.64. The summed E-state index contributed by atoms with van der Waals surface area (Å²) in [6.07, 6.45) is 2.01. The number of hydrogen-bond donors (Lipinski definition) is 1. The summed E-state index contributed by atoms with van der Waals surface area (Å²) in [5, 5.41) is 2.85. The van der Waals surface area contributed by atoms with Gasteiger partial charge in [-0.05, 0) is 48.1 Å². The minimum atomic E-state index is -0.159. The highest BCUT2D eigenvalue weighted by Gasteiger charge is 2.06. The molecular weight excluding hydrogens is 294 g/mol. The zero-order valence-corrected chi connectivity index (χ0v) is 13.9. The van der Waals surface area contributed by atoms with Crippen molar-refractivity contribution in [2.24, 2.45) is 0 Å². The number of thioether (sulfide) groups is 1. The van der Waals surface area contributed by atoms with E-state index < -0.39 is 0 Å². The lowest BCUT2D eigenvalue weighted by molar-refractivity contribution is -0.118. The number of ether oxygens (including phenoxy) is 1. The van der Waals surface area contributed by atoms with Gasteiger partial charge >= 0.3 is 0 Å². The fourth-order valence-corrected chi connectivity index (χ4v) is 2.47. The van der Waals surface area contributed by atoms with Gasteiger partial charge in [-0.1, -0.05) is 32.0 Å². The van der Waals surface area contributed by atoms with Crippen LogP contribution in [-0.2, 0) is 4.79 Å². The Morgan fingerprint density at radius 1 is 1.18 bits per heavy atom. The van der Waals surface area contributed by atoms with E-state index in [0.717, 1.165) is 16.3 Å². The van der Waals surface area contributed by atoms with E-state index in [4.69, 9.17) is 4.74 Å². The van der Waals surface area contributed by atoms with Crippen LogP contribution in [0, 0.1) is 0 Å². The highest BCUT2D eigenvalue weighted by atomic mass is 32.2. The molecule has 4 heteroatoms. The van der Waals surface area contributed by atoms with E-state index in [-0.39, 0.29) is 12.5 Å². The number of nitrogens with one attached hydrogen (secondary N) is 1. The Morgan fingerprint density at radius 3 is 2.68 bits per heavy atom. The minimum Gasteiger partial charge on any atom is -0.484 e. The van der Waals surface area contributed by atoms with Gasteiger partial charge in [-0.2, -0.15) is 0 Å². The molecule has 116 valence electrons. The Balaban J connectivity index is 1.91. The Morgan fingerprint density at radius 2 is 1.95 bits per heavy atom. The lowest BCUT2D eigenvalue weighted by Crippen LogP contribution is -2.20. The highest BCUT2D eigenvalue weighted by molar-refractivity contribution is 7.98. The van der Waals surface area contributed by atoms with Crippen molar-refractivity contribution in [1.82, 2.24) is 0 Å². The Hall–Kier alpha value is -1.94. The van der Waals surface area contributed by atoms with Gasteiger partial charge in [0.2, 0.25) is 0 Å². The van der Waals surface area contributed by atoms with E-state index >= 15 is 0 Å². The number of carbonyl (C=O) groups excluding carboxylic acids is 1. The topological polar surface area (TPSA) is 38.3 Å². The molecule has 0 spiro atoms. The number of hydrogen-bond acceptors (Lipinski definition) is 3. The summed E-state index contributed by atoms with van der Waals surface area (Å²) in [6, 6.07) is 15.6. The highest BCUT2D eigenvalue weighted by Crippen LogP contribution is 2.21. The average Bonchev–Trinajstić information content (AvgIpc) is 2.53. The molecule has 2 aromatic carbocycles. The molecule has 2 rings (SSSR count). The third-order valence-corrected chi connectivity index (χ3v) is 3.97. The zero-order valence-electron chi connectivity index (χ0n) is 13.1. The first-order valence-corrected chi connectivity index (χ1v) is 8.47. The third kappa shape index (κ3) is 4.81. The van der Waals surface area contributed by atoms with E-state index in [2.05, 4.69) is 25.2 Å². The van der Waals surface area contributed by atoms with E-state index in [9.17, 15) is 4.79 Å². The van der Waals surface area contributed by atoms with Gasteiger partial charge in [-0.15, -0.1) is 11.8 Å². The molecular formula is C18H21NO2S. The first-order chi connectivity index (χ1) is 10.6. The summed E-state index contributed by atoms with van der Waals surface area (Å²) in [5.41, 5.74) is 1.99. The van der Waals surface area contributed by atoms with Crippen LogP contribution in [0.3, 0.4) is 0 Å². The van der Waals surface area contributed by atoms with Crippen molar-refractivity contribution in [3.05, 3.63) is 54.1 Å². The molecule has 0 aliphatic carbocycles. The van der Waals surface area contributed by atoms with Gasteiger partial charge in [0.05, 0.1) is 0 Å². The van der Waals surface area contributed by atoms with Gasteiger partial charge in [0, 0.05) is 10.6 Å². The maximum atomic E-state index is 12.0. The van der Waals surface area contributed by atoms with E-state index in [0.29, 0.717) is 5.92 Å². The largest absolute Gasteiger partial charge is 0.484 e. The molecule has 2 aromatic rings. The fourth-order valence-electron chi connectivity index (χ4n) is 2.01. The van der Waals surface area contributed by atoms with Crippen molar-refractivity contribution in [2.45, 2.75) is 24.7 Å². The molecule has 1 N–H and O–H groups in total. The van der Waals surface area contributed by atoms with Crippen LogP contribution >= 0.6 is 11.8 Å². The molecule has 0 heterocycles. The molecule has 22 heavy (non-hydrogen) atoms. The number of rotatable bonds is 6. The summed E-state index contributed by atoms with van der Waals surface area (Å²) in [6.45, 7) is 4.26. The molecule has 0 fully saturated rings. The summed E-state index contributed by atoms with van der Waals surface area (Å²) in [5.74, 6) is 0.999. The molecule has 0 aliphatic heterocycles. The third-order valence-electron chi connectivity index (χ3n) is 3.25. The molecule has 0 unspecified atom stereocenters. The number of benzene rings is 2. The monoisotopic (exact) mass is 315 g/mol. The molecule has 3 nitrogen and oxygen atoms in total. The predicted octanol–water partition coefficient (Wildman–Crippen LogP) is 4.55. The lowest BCUT2D eigenvalue weighted by Gasteiger charge is -2.10. The Bertz CT molecular complexity index is 640. The van der Waals surface area contributed by atoms with Gasteiger partial charge in [-0.3, -0.25) is 4.79 Å². The molecule has 1 amide bonds. The van der Waals surface area contributed by atoms with Crippen molar-refractivity contribution in [2.75, 3.05) is 18.2 Å². The fraction of sp³-hybridized carbons (Fsp3) is 0.278. The summed E-state index contributed by atoms with van der Waals surface area (Å²) in [4.78, 5) is 13.1. The Kier molecular flexibility index (Phi) is 5.90. The van der Waals surface area contributed by atoms with Crippen LogP contribution in [0.5, 0.6) is 5.75 Å². The first-order valence-electron chi connectivity index (χ1n) is 7.25. The van der Waals surface area contributed by atoms with Crippen LogP contribution in [-0.4, -0.2) is 18.8 Å². The first kappa shape index (κ1) is 16.4. The van der Waals surface area contributed by atoms with Crippen LogP contribution in [0.15, 0.2) is 53.4 Å². The Labute approximate surface area is 136 Å². The number of carbonyl (C=O) groups is 1. The predicted molar refractivity (Wildman–Crippen MR) is 92.9 cm³/mol. The maximum Gasteiger partial charge on any atom is 0.262 e. The van der Waals surface area contributed by atoms with Crippen molar-refractivity contribution in [3.63, 3.8) is 0 Å². The van der Waals surface area contributed by atoms with Gasteiger partial charge < -0.3 is 10.1 Å². The quantitative estimate of drug-likeness (QED) is 0.795. The number of anilines is 1. The maximum absolute atomic E-state index is 12.0. The summed E-state index contributed by atoms with van der Waals surface area (Å²) in [7, 11) is 0. The van der Waals surface area contributed by atoms with Crippen LogP contribution in [0.25, 0.3) is 0 Å². The van der Waals surface area contributed by atoms with Crippen LogP contribution in [0.4, 0.5) is 5.69 Å². The van der Waals surface area contributed by atoms with Gasteiger partial charge in [-0.25, -0.2) is 0 Å². The second-order valence-electron chi connectivity index (χ2n) is 5.30. The molecule has 0 saturated heterocycles. The zero-order chi connectivity index (χ0) is 15.9. The van der Waals surface area contributed by atoms with Crippen molar-refractivity contribution in [3.8, 4) is 5.75 Å². The van der Waals surface area contributed by atoms with Crippen LogP contribution in [0.2, 0.25) is 0 Å². The second kappa shape index (κ2) is 7.90. The smallest absolute Gasteiger partial charge is 0.262 e. The summed E-state index contributed by atoms with van der Waals surface area (Å²) < 4.78 is 5.57. The molecule has 0 aromatic heterocycles. The van der Waals surface area contributed by atoms with Crippen molar-refractivity contribution >= 4 is 23.4 Å². The SMILES string of the molecule is CSc1cccc(NC(=O)COc2cccc(C(C)C)c2)c1. The normalized spacial score (nSPS) is 10.5. The van der Waals surface area contributed by atoms with Gasteiger partial charge in [0.25, 0.3) is 5.91 Å². The van der Waals surface area contributed by atoms with Crippen LogP contribution in [0.1, 0.15) is 25.3 Å². The van der Waals surface area contributed by atoms with E-state index in [1.807, 2.05) is 48.7 Å². The molecule has 0 saturated carbocycles. The standard InChI is InChI=1S/C18H21NO2S/c1-13(2)14-6-4-8-16(10-14)21-12-18(20)19-15-7-5-9-17(11-15)22-3/h4-11,13H,12H2,1-3H3,(H,19,20). The van der Waals surface area contributed by atoms with Gasteiger partial charge in [0.15, 0.2) is 6.61 Å². The van der Waals surface area contributed by atoms with Crippen LogP contribution < -0.4 is 10.1 Å². The van der Waals surface area contributed by atoms with Crippen molar-refractivity contribution < 1.29 is 9.53 Å². The van der Waals surface area contributed by atoms with Gasteiger partial charge in [0.1, 0.15) is 5.75 Å². The van der Waals surface area contributed by atoms with Crippen molar-refractivity contribution in [1.29, 1.82) is 0 Å². The van der Waals surface area contributed by atoms with E-state index in [1.54, 1.807) is 11.8 Å². The lowest BCUT2D eigenvalue weighted by atomic mass is 10.0.